The van der Waals surface area contributed by atoms with E-state index in [4.69, 9.17) is 39.5 Å². The van der Waals surface area contributed by atoms with Crippen molar-refractivity contribution < 1.29 is 4.74 Å². The van der Waals surface area contributed by atoms with Crippen LogP contribution in [0.25, 0.3) is 0 Å². The van der Waals surface area contributed by atoms with Gasteiger partial charge in [0.05, 0.1) is 22.0 Å². The van der Waals surface area contributed by atoms with Crippen molar-refractivity contribution in [2.45, 2.75) is 24.6 Å². The van der Waals surface area contributed by atoms with E-state index in [1.54, 1.807) is 6.07 Å². The summed E-state index contributed by atoms with van der Waals surface area (Å²) in [4.78, 5) is 0. The molecule has 2 aromatic rings. The lowest BCUT2D eigenvalue weighted by Crippen LogP contribution is -2.18. The monoisotopic (exact) mass is 340 g/mol. The number of fused-ring (bicyclic) bond motifs is 1. The smallest absolute Gasteiger partial charge is 0.123 e. The molecule has 3 rings (SSSR count). The quantitative estimate of drug-likeness (QED) is 0.609. The zero-order chi connectivity index (χ0) is 15.2. The van der Waals surface area contributed by atoms with Gasteiger partial charge in [-0.25, -0.2) is 0 Å². The van der Waals surface area contributed by atoms with Crippen LogP contribution in [0.5, 0.6) is 5.75 Å². The van der Waals surface area contributed by atoms with E-state index in [9.17, 15) is 0 Å². The van der Waals surface area contributed by atoms with Crippen molar-refractivity contribution >= 4 is 34.8 Å². The lowest BCUT2D eigenvalue weighted by Gasteiger charge is -2.17. The highest BCUT2D eigenvalue weighted by molar-refractivity contribution is 6.42. The molecule has 0 N–H and O–H groups in total. The summed E-state index contributed by atoms with van der Waals surface area (Å²) in [5, 5.41) is 0.791. The first-order valence-electron chi connectivity index (χ1n) is 6.75. The lowest BCUT2D eigenvalue weighted by molar-refractivity contribution is 0.291. The Balaban J connectivity index is 1.99. The molecule has 0 spiro atoms. The summed E-state index contributed by atoms with van der Waals surface area (Å²) in [7, 11) is 0. The van der Waals surface area contributed by atoms with Gasteiger partial charge in [0.2, 0.25) is 0 Å². The van der Waals surface area contributed by atoms with Gasteiger partial charge in [0.25, 0.3) is 0 Å². The number of hydrogen-bond acceptors (Lipinski definition) is 1. The number of alkyl halides is 1. The molecule has 1 aliphatic rings. The van der Waals surface area contributed by atoms with Crippen molar-refractivity contribution in [2.75, 3.05) is 6.61 Å². The molecular formula is C17H15Cl3O. The fraction of sp³-hybridized carbons (Fsp3) is 0.294. The topological polar surface area (TPSA) is 9.23 Å². The van der Waals surface area contributed by atoms with Crippen molar-refractivity contribution in [1.29, 1.82) is 0 Å². The van der Waals surface area contributed by atoms with E-state index in [-0.39, 0.29) is 10.8 Å². The lowest BCUT2D eigenvalue weighted by atomic mass is 9.85. The standard InChI is InChI=1S/C17H15Cl3O/c1-17(2)9-21-15-6-4-10(7-12(15)17)16(20)11-3-5-13(18)14(19)8-11/h3-8,16H,9H2,1-2H3. The highest BCUT2D eigenvalue weighted by Crippen LogP contribution is 2.41. The maximum absolute atomic E-state index is 6.61. The van der Waals surface area contributed by atoms with E-state index in [0.717, 1.165) is 16.9 Å². The van der Waals surface area contributed by atoms with Gasteiger partial charge >= 0.3 is 0 Å². The van der Waals surface area contributed by atoms with Crippen LogP contribution >= 0.6 is 34.8 Å². The van der Waals surface area contributed by atoms with Crippen LogP contribution < -0.4 is 4.74 Å². The van der Waals surface area contributed by atoms with Crippen LogP contribution in [0, 0.1) is 0 Å². The molecule has 110 valence electrons. The van der Waals surface area contributed by atoms with Crippen LogP contribution in [-0.2, 0) is 5.41 Å². The number of hydrogen-bond donors (Lipinski definition) is 0. The van der Waals surface area contributed by atoms with Crippen LogP contribution in [0.4, 0.5) is 0 Å². The predicted octanol–water partition coefficient (Wildman–Crippen LogP) is 5.99. The van der Waals surface area contributed by atoms with Gasteiger partial charge in [0.1, 0.15) is 5.75 Å². The largest absolute Gasteiger partial charge is 0.492 e. The first-order valence-corrected chi connectivity index (χ1v) is 7.94. The van der Waals surface area contributed by atoms with E-state index in [0.29, 0.717) is 16.7 Å². The van der Waals surface area contributed by atoms with Crippen LogP contribution in [0.3, 0.4) is 0 Å². The van der Waals surface area contributed by atoms with Gasteiger partial charge in [-0.2, -0.15) is 0 Å². The second-order valence-electron chi connectivity index (χ2n) is 5.96. The van der Waals surface area contributed by atoms with Gasteiger partial charge in [0.15, 0.2) is 0 Å². The van der Waals surface area contributed by atoms with Gasteiger partial charge in [-0.3, -0.25) is 0 Å². The molecule has 2 aromatic carbocycles. The summed E-state index contributed by atoms with van der Waals surface area (Å²) in [6.45, 7) is 5.04. The molecule has 0 bridgehead atoms. The zero-order valence-corrected chi connectivity index (χ0v) is 14.1. The van der Waals surface area contributed by atoms with Crippen LogP contribution in [0.15, 0.2) is 36.4 Å². The second-order valence-corrected chi connectivity index (χ2v) is 7.22. The molecular weight excluding hydrogens is 327 g/mol. The number of halogens is 3. The second kappa shape index (κ2) is 5.39. The van der Waals surface area contributed by atoms with Gasteiger partial charge in [0, 0.05) is 11.0 Å². The Kier molecular flexibility index (Phi) is 3.85. The summed E-state index contributed by atoms with van der Waals surface area (Å²) < 4.78 is 5.71. The molecule has 0 aliphatic carbocycles. The van der Waals surface area contributed by atoms with Crippen molar-refractivity contribution in [1.82, 2.24) is 0 Å². The van der Waals surface area contributed by atoms with Crippen LogP contribution in [0.1, 0.15) is 35.9 Å². The third kappa shape index (κ3) is 2.75. The first-order chi connectivity index (χ1) is 9.88. The summed E-state index contributed by atoms with van der Waals surface area (Å²) in [5.41, 5.74) is 3.18. The van der Waals surface area contributed by atoms with E-state index >= 15 is 0 Å². The molecule has 0 saturated heterocycles. The Morgan fingerprint density at radius 3 is 2.38 bits per heavy atom. The summed E-state index contributed by atoms with van der Waals surface area (Å²) >= 11 is 18.6. The summed E-state index contributed by atoms with van der Waals surface area (Å²) in [5.74, 6) is 0.946. The van der Waals surface area contributed by atoms with E-state index < -0.39 is 0 Å². The molecule has 0 amide bonds. The molecule has 21 heavy (non-hydrogen) atoms. The van der Waals surface area contributed by atoms with E-state index in [1.807, 2.05) is 24.3 Å². The normalized spacial score (nSPS) is 17.2. The SMILES string of the molecule is CC1(C)COc2ccc(C(Cl)c3ccc(Cl)c(Cl)c3)cc21. The number of rotatable bonds is 2. The number of ether oxygens (including phenoxy) is 1. The van der Waals surface area contributed by atoms with Crippen molar-refractivity contribution in [3.05, 3.63) is 63.1 Å². The Bertz CT molecular complexity index is 694. The summed E-state index contributed by atoms with van der Waals surface area (Å²) in [6, 6.07) is 11.6. The minimum atomic E-state index is -0.263. The van der Waals surface area contributed by atoms with Crippen LogP contribution in [-0.4, -0.2) is 6.61 Å². The highest BCUT2D eigenvalue weighted by atomic mass is 35.5. The molecule has 1 unspecified atom stereocenters. The van der Waals surface area contributed by atoms with Crippen molar-refractivity contribution in [2.24, 2.45) is 0 Å². The van der Waals surface area contributed by atoms with Crippen molar-refractivity contribution in [3.63, 3.8) is 0 Å². The Hall–Kier alpha value is -0.890. The maximum atomic E-state index is 6.61. The van der Waals surface area contributed by atoms with Crippen molar-refractivity contribution in [3.8, 4) is 5.75 Å². The molecule has 0 radical (unpaired) electrons. The molecule has 0 saturated carbocycles. The van der Waals surface area contributed by atoms with Gasteiger partial charge < -0.3 is 4.74 Å². The Morgan fingerprint density at radius 1 is 1.00 bits per heavy atom. The maximum Gasteiger partial charge on any atom is 0.123 e. The third-order valence-corrected chi connectivity index (χ3v) is 5.09. The molecule has 0 aromatic heterocycles. The van der Waals surface area contributed by atoms with Gasteiger partial charge in [-0.15, -0.1) is 11.6 Å². The fourth-order valence-electron chi connectivity index (χ4n) is 2.56. The molecule has 1 atom stereocenters. The average Bonchev–Trinajstić information content (AvgIpc) is 2.76. The Morgan fingerprint density at radius 2 is 1.67 bits per heavy atom. The molecule has 0 fully saturated rings. The Labute approximate surface area is 139 Å². The average molecular weight is 342 g/mol. The molecule has 1 nitrogen and oxygen atoms in total. The molecule has 1 aliphatic heterocycles. The fourth-order valence-corrected chi connectivity index (χ4v) is 3.14. The zero-order valence-electron chi connectivity index (χ0n) is 11.8. The third-order valence-electron chi connectivity index (χ3n) is 3.85. The summed E-state index contributed by atoms with van der Waals surface area (Å²) in [6.07, 6.45) is 0. The predicted molar refractivity (Wildman–Crippen MR) is 89.1 cm³/mol. The van der Waals surface area contributed by atoms with Gasteiger partial charge in [-0.05, 0) is 35.4 Å². The molecule has 1 heterocycles. The first kappa shape index (κ1) is 15.0. The minimum Gasteiger partial charge on any atom is -0.492 e. The minimum absolute atomic E-state index is 0.0135. The van der Waals surface area contributed by atoms with E-state index in [2.05, 4.69) is 19.9 Å². The van der Waals surface area contributed by atoms with Crippen LogP contribution in [0.2, 0.25) is 10.0 Å². The number of benzene rings is 2. The molecule has 4 heteroatoms. The highest BCUT2D eigenvalue weighted by Gasteiger charge is 2.32. The van der Waals surface area contributed by atoms with Gasteiger partial charge in [-0.1, -0.05) is 49.2 Å². The van der Waals surface area contributed by atoms with E-state index in [1.165, 1.54) is 5.56 Å².